The average molecular weight is 434 g/mol. The molecular formula is C23H33N2O4S+. The second-order valence-corrected chi connectivity index (χ2v) is 10.2. The summed E-state index contributed by atoms with van der Waals surface area (Å²) >= 11 is 0. The van der Waals surface area contributed by atoms with E-state index in [9.17, 15) is 13.5 Å². The molecule has 1 aliphatic rings. The molecule has 164 valence electrons. The number of quaternary nitrogens is 1. The van der Waals surface area contributed by atoms with E-state index in [4.69, 9.17) is 4.74 Å². The van der Waals surface area contributed by atoms with Crippen LogP contribution < -0.4 is 13.9 Å². The summed E-state index contributed by atoms with van der Waals surface area (Å²) in [5.74, 6) is 1.38. The van der Waals surface area contributed by atoms with Crippen LogP contribution in [0.1, 0.15) is 25.3 Å². The third kappa shape index (κ3) is 5.53. The predicted molar refractivity (Wildman–Crippen MR) is 119 cm³/mol. The van der Waals surface area contributed by atoms with Crippen molar-refractivity contribution in [2.45, 2.75) is 37.7 Å². The second kappa shape index (κ2) is 9.81. The van der Waals surface area contributed by atoms with E-state index in [0.29, 0.717) is 18.0 Å². The van der Waals surface area contributed by atoms with Crippen LogP contribution in [0.3, 0.4) is 0 Å². The van der Waals surface area contributed by atoms with E-state index in [-0.39, 0.29) is 11.4 Å². The molecule has 0 aliphatic carbocycles. The number of likely N-dealkylation sites (tertiary alicyclic amines) is 1. The molecule has 1 atom stereocenters. The number of methoxy groups -OCH3 is 1. The maximum absolute atomic E-state index is 13.4. The van der Waals surface area contributed by atoms with Crippen LogP contribution in [0, 0.1) is 12.8 Å². The van der Waals surface area contributed by atoms with Crippen molar-refractivity contribution in [3.05, 3.63) is 54.1 Å². The number of aliphatic hydroxyl groups is 1. The largest absolute Gasteiger partial charge is 0.497 e. The van der Waals surface area contributed by atoms with Gasteiger partial charge in [0.1, 0.15) is 18.4 Å². The molecule has 0 radical (unpaired) electrons. The minimum absolute atomic E-state index is 0.0155. The lowest BCUT2D eigenvalue weighted by atomic mass is 9.99. The van der Waals surface area contributed by atoms with Gasteiger partial charge in [-0.25, -0.2) is 8.42 Å². The lowest BCUT2D eigenvalue weighted by molar-refractivity contribution is -0.909. The van der Waals surface area contributed by atoms with E-state index in [1.54, 1.807) is 55.6 Å². The SMILES string of the molecule is COc1ccc(N(C[C@@H](O)C[NH+]2CCC(C)CC2)S(=O)(=O)c2ccc(C)cc2)cc1. The third-order valence-corrected chi connectivity index (χ3v) is 7.66. The van der Waals surface area contributed by atoms with Gasteiger partial charge in [-0.2, -0.15) is 0 Å². The summed E-state index contributed by atoms with van der Waals surface area (Å²) in [4.78, 5) is 1.55. The molecule has 0 aromatic heterocycles. The van der Waals surface area contributed by atoms with Gasteiger partial charge in [0, 0.05) is 0 Å². The monoisotopic (exact) mass is 433 g/mol. The minimum Gasteiger partial charge on any atom is -0.497 e. The van der Waals surface area contributed by atoms with Crippen LogP contribution in [0.25, 0.3) is 0 Å². The zero-order chi connectivity index (χ0) is 21.7. The van der Waals surface area contributed by atoms with E-state index in [2.05, 4.69) is 6.92 Å². The Morgan fingerprint density at radius 2 is 1.70 bits per heavy atom. The van der Waals surface area contributed by atoms with Crippen molar-refractivity contribution in [1.29, 1.82) is 0 Å². The Labute approximate surface area is 180 Å². The Bertz CT molecular complexity index is 905. The van der Waals surface area contributed by atoms with Crippen LogP contribution in [0.15, 0.2) is 53.4 Å². The number of rotatable bonds is 8. The molecule has 30 heavy (non-hydrogen) atoms. The van der Waals surface area contributed by atoms with E-state index in [1.807, 2.05) is 6.92 Å². The minimum atomic E-state index is -3.81. The van der Waals surface area contributed by atoms with Gasteiger partial charge in [0.2, 0.25) is 0 Å². The number of nitrogens with zero attached hydrogens (tertiary/aromatic N) is 1. The maximum Gasteiger partial charge on any atom is 0.264 e. The zero-order valence-electron chi connectivity index (χ0n) is 18.0. The molecule has 0 saturated carbocycles. The van der Waals surface area contributed by atoms with Crippen molar-refractivity contribution >= 4 is 15.7 Å². The Balaban J connectivity index is 1.84. The molecule has 7 heteroatoms. The molecular weight excluding hydrogens is 400 g/mol. The lowest BCUT2D eigenvalue weighted by Gasteiger charge is -2.31. The summed E-state index contributed by atoms with van der Waals surface area (Å²) in [6.07, 6.45) is 1.54. The molecule has 1 heterocycles. The molecule has 1 fully saturated rings. The second-order valence-electron chi connectivity index (χ2n) is 8.34. The van der Waals surface area contributed by atoms with Crippen molar-refractivity contribution in [2.24, 2.45) is 5.92 Å². The summed E-state index contributed by atoms with van der Waals surface area (Å²) in [6.45, 7) is 6.78. The van der Waals surface area contributed by atoms with Crippen LogP contribution in [-0.4, -0.2) is 52.9 Å². The number of nitrogens with one attached hydrogen (secondary N) is 1. The van der Waals surface area contributed by atoms with E-state index < -0.39 is 16.1 Å². The highest BCUT2D eigenvalue weighted by molar-refractivity contribution is 7.92. The predicted octanol–water partition coefficient (Wildman–Crippen LogP) is 1.87. The molecule has 2 N–H and O–H groups in total. The molecule has 1 saturated heterocycles. The van der Waals surface area contributed by atoms with Gasteiger partial charge in [-0.05, 0) is 62.1 Å². The Hall–Kier alpha value is -2.09. The lowest BCUT2D eigenvalue weighted by Crippen LogP contribution is -3.14. The average Bonchev–Trinajstić information content (AvgIpc) is 2.74. The highest BCUT2D eigenvalue weighted by atomic mass is 32.2. The molecule has 0 amide bonds. The highest BCUT2D eigenvalue weighted by Gasteiger charge is 2.29. The van der Waals surface area contributed by atoms with Crippen molar-refractivity contribution < 1.29 is 23.2 Å². The quantitative estimate of drug-likeness (QED) is 0.667. The molecule has 1 aliphatic heterocycles. The van der Waals surface area contributed by atoms with E-state index in [0.717, 1.165) is 37.4 Å². The Morgan fingerprint density at radius 3 is 2.27 bits per heavy atom. The highest BCUT2D eigenvalue weighted by Crippen LogP contribution is 2.26. The molecule has 6 nitrogen and oxygen atoms in total. The first-order valence-electron chi connectivity index (χ1n) is 10.5. The number of anilines is 1. The smallest absolute Gasteiger partial charge is 0.264 e. The molecule has 2 aromatic rings. The standard InChI is InChI=1S/C23H32N2O4S/c1-18-4-10-23(11-5-18)30(27,28)25(20-6-8-22(29-3)9-7-20)17-21(26)16-24-14-12-19(2)13-15-24/h4-11,19,21,26H,12-17H2,1-3H3/p+1/t21-/m0/s1. The van der Waals surface area contributed by atoms with Gasteiger partial charge in [0.05, 0.1) is 37.3 Å². The van der Waals surface area contributed by atoms with Crippen LogP contribution in [0.2, 0.25) is 0 Å². The van der Waals surface area contributed by atoms with Gasteiger partial charge in [-0.15, -0.1) is 0 Å². The molecule has 2 aromatic carbocycles. The number of hydrogen-bond donors (Lipinski definition) is 2. The first-order chi connectivity index (χ1) is 14.3. The molecule has 3 rings (SSSR count). The van der Waals surface area contributed by atoms with Crippen molar-refractivity contribution in [3.8, 4) is 5.75 Å². The maximum atomic E-state index is 13.4. The van der Waals surface area contributed by atoms with Gasteiger partial charge < -0.3 is 14.7 Å². The van der Waals surface area contributed by atoms with Crippen molar-refractivity contribution in [1.82, 2.24) is 0 Å². The Kier molecular flexibility index (Phi) is 7.39. The van der Waals surface area contributed by atoms with Gasteiger partial charge in [0.25, 0.3) is 10.0 Å². The molecule has 0 bridgehead atoms. The number of hydrogen-bond acceptors (Lipinski definition) is 4. The van der Waals surface area contributed by atoms with Crippen molar-refractivity contribution in [3.63, 3.8) is 0 Å². The van der Waals surface area contributed by atoms with E-state index >= 15 is 0 Å². The fourth-order valence-electron chi connectivity index (χ4n) is 3.89. The number of ether oxygens (including phenoxy) is 1. The van der Waals surface area contributed by atoms with Gasteiger partial charge in [-0.1, -0.05) is 24.6 Å². The van der Waals surface area contributed by atoms with Crippen molar-refractivity contribution in [2.75, 3.05) is 37.6 Å². The number of aliphatic hydroxyl groups excluding tert-OH is 1. The van der Waals surface area contributed by atoms with Gasteiger partial charge in [0.15, 0.2) is 0 Å². The Morgan fingerprint density at radius 1 is 1.10 bits per heavy atom. The number of piperidine rings is 1. The number of sulfonamides is 1. The summed E-state index contributed by atoms with van der Waals surface area (Å²) in [7, 11) is -2.24. The summed E-state index contributed by atoms with van der Waals surface area (Å²) < 4.78 is 33.4. The summed E-state index contributed by atoms with van der Waals surface area (Å²) in [5, 5.41) is 10.8. The molecule has 0 spiro atoms. The topological polar surface area (TPSA) is 71.3 Å². The van der Waals surface area contributed by atoms with Crippen LogP contribution >= 0.6 is 0 Å². The molecule has 0 unspecified atom stereocenters. The first-order valence-corrected chi connectivity index (χ1v) is 12.0. The first kappa shape index (κ1) is 22.6. The summed E-state index contributed by atoms with van der Waals surface area (Å²) in [6, 6.07) is 13.7. The summed E-state index contributed by atoms with van der Waals surface area (Å²) in [5.41, 5.74) is 1.51. The zero-order valence-corrected chi connectivity index (χ0v) is 18.9. The number of benzene rings is 2. The number of aryl methyl sites for hydroxylation is 1. The van der Waals surface area contributed by atoms with E-state index in [1.165, 1.54) is 9.21 Å². The van der Waals surface area contributed by atoms with Crippen LogP contribution in [0.5, 0.6) is 5.75 Å². The van der Waals surface area contributed by atoms with Crippen LogP contribution in [-0.2, 0) is 10.0 Å². The fourth-order valence-corrected chi connectivity index (χ4v) is 5.39. The fraction of sp³-hybridized carbons (Fsp3) is 0.478. The normalized spacial score (nSPS) is 20.5. The van der Waals surface area contributed by atoms with Gasteiger partial charge >= 0.3 is 0 Å². The van der Waals surface area contributed by atoms with Crippen LogP contribution in [0.4, 0.5) is 5.69 Å². The third-order valence-electron chi connectivity index (χ3n) is 5.85. The van der Waals surface area contributed by atoms with Gasteiger partial charge in [-0.3, -0.25) is 4.31 Å².